The van der Waals surface area contributed by atoms with E-state index in [2.05, 4.69) is 4.74 Å². The second-order valence-electron chi connectivity index (χ2n) is 6.51. The van der Waals surface area contributed by atoms with Crippen molar-refractivity contribution in [2.75, 3.05) is 34.2 Å². The van der Waals surface area contributed by atoms with Crippen LogP contribution < -0.4 is 29.4 Å². The van der Waals surface area contributed by atoms with Crippen molar-refractivity contribution >= 4 is 24.3 Å². The fourth-order valence-electron chi connectivity index (χ4n) is 2.79. The Labute approximate surface area is 192 Å². The zero-order chi connectivity index (χ0) is 24.2. The Balaban J connectivity index is 0.000000321. The maximum Gasteiger partial charge on any atom is 0.298 e. The summed E-state index contributed by atoms with van der Waals surface area (Å²) in [5.74, 6) is 2.78. The first-order chi connectivity index (χ1) is 15.9. The highest BCUT2D eigenvalue weighted by molar-refractivity contribution is 5.73. The summed E-state index contributed by atoms with van der Waals surface area (Å²) in [7, 11) is 6.24. The van der Waals surface area contributed by atoms with Crippen molar-refractivity contribution in [3.05, 3.63) is 65.7 Å². The molecule has 3 rings (SSSR count). The first-order valence-electron chi connectivity index (χ1n) is 9.76. The number of benzene rings is 3. The van der Waals surface area contributed by atoms with Crippen molar-refractivity contribution in [3.63, 3.8) is 0 Å². The summed E-state index contributed by atoms with van der Waals surface area (Å²) >= 11 is 0. The molecule has 0 aromatic heterocycles. The number of nitrogens with two attached hydrogens (primary N) is 1. The number of hydrogen-bond donors (Lipinski definition) is 2. The van der Waals surface area contributed by atoms with Gasteiger partial charge in [-0.2, -0.15) is 0 Å². The highest BCUT2D eigenvalue weighted by atomic mass is 16.5. The molecule has 0 saturated carbocycles. The van der Waals surface area contributed by atoms with E-state index in [1.54, 1.807) is 63.8 Å². The molecule has 0 spiro atoms. The number of carbonyl (C=O) groups is 1. The molecule has 0 heterocycles. The van der Waals surface area contributed by atoms with E-state index in [-0.39, 0.29) is 5.75 Å². The van der Waals surface area contributed by atoms with Crippen LogP contribution in [-0.4, -0.2) is 40.0 Å². The van der Waals surface area contributed by atoms with Gasteiger partial charge < -0.3 is 34.5 Å². The Hall–Kier alpha value is -4.33. The van der Waals surface area contributed by atoms with Gasteiger partial charge in [0.15, 0.2) is 23.0 Å². The van der Waals surface area contributed by atoms with Crippen LogP contribution in [0.3, 0.4) is 0 Å². The molecule has 0 atom stereocenters. The van der Waals surface area contributed by atoms with E-state index in [9.17, 15) is 9.90 Å². The molecule has 0 fully saturated rings. The first-order valence-corrected chi connectivity index (χ1v) is 9.76. The summed E-state index contributed by atoms with van der Waals surface area (Å²) in [5.41, 5.74) is 7.82. The molecule has 0 aliphatic rings. The van der Waals surface area contributed by atoms with Crippen LogP contribution in [0, 0.1) is 0 Å². The lowest BCUT2D eigenvalue weighted by molar-refractivity contribution is -0.120. The van der Waals surface area contributed by atoms with Gasteiger partial charge in [0.25, 0.3) is 6.47 Å². The second-order valence-corrected chi connectivity index (χ2v) is 6.51. The molecule has 33 heavy (non-hydrogen) atoms. The molecule has 3 aromatic carbocycles. The monoisotopic (exact) mass is 453 g/mol. The molecular weight excluding hydrogens is 426 g/mol. The Morgan fingerprint density at radius 2 is 1.27 bits per heavy atom. The highest BCUT2D eigenvalue weighted by Gasteiger charge is 2.12. The van der Waals surface area contributed by atoms with Crippen molar-refractivity contribution in [1.82, 2.24) is 0 Å². The van der Waals surface area contributed by atoms with E-state index >= 15 is 0 Å². The van der Waals surface area contributed by atoms with Gasteiger partial charge in [0, 0.05) is 5.69 Å². The van der Waals surface area contributed by atoms with Gasteiger partial charge in [-0.3, -0.25) is 4.79 Å². The number of aromatic hydroxyl groups is 1. The van der Waals surface area contributed by atoms with Gasteiger partial charge in [0.2, 0.25) is 5.75 Å². The smallest absolute Gasteiger partial charge is 0.298 e. The van der Waals surface area contributed by atoms with Crippen LogP contribution >= 0.6 is 0 Å². The fraction of sp³-hybridized carbons (Fsp3) is 0.160. The number of methoxy groups -OCH3 is 4. The zero-order valence-corrected chi connectivity index (χ0v) is 18.9. The standard InChI is InChI=1S/C18H20O5.C7H7NO2/c1-20-15-9-12(7-8-14(15)19)5-6-13-10-16(21-2)18(23-4)17(11-13)22-3;8-6-1-3-7(4-2-6)10-5-9/h5-11,19H,1-4H3;1-5H,8H2/b6-5-;. The van der Waals surface area contributed by atoms with E-state index in [0.717, 1.165) is 11.1 Å². The molecule has 8 heteroatoms. The van der Waals surface area contributed by atoms with E-state index in [0.29, 0.717) is 40.9 Å². The lowest BCUT2D eigenvalue weighted by atomic mass is 10.1. The quantitative estimate of drug-likeness (QED) is 0.293. The van der Waals surface area contributed by atoms with E-state index in [4.69, 9.17) is 24.7 Å². The van der Waals surface area contributed by atoms with Crippen molar-refractivity contribution in [3.8, 4) is 34.5 Å². The molecule has 3 aromatic rings. The number of hydrogen-bond acceptors (Lipinski definition) is 8. The second kappa shape index (κ2) is 12.5. The van der Waals surface area contributed by atoms with Crippen LogP contribution in [0.25, 0.3) is 12.2 Å². The highest BCUT2D eigenvalue weighted by Crippen LogP contribution is 2.38. The lowest BCUT2D eigenvalue weighted by Crippen LogP contribution is -1.95. The van der Waals surface area contributed by atoms with E-state index in [1.807, 2.05) is 24.3 Å². The fourth-order valence-corrected chi connectivity index (χ4v) is 2.79. The minimum absolute atomic E-state index is 0.109. The number of anilines is 1. The summed E-state index contributed by atoms with van der Waals surface area (Å²) in [4.78, 5) is 9.81. The molecule has 0 radical (unpaired) electrons. The van der Waals surface area contributed by atoms with E-state index in [1.165, 1.54) is 7.11 Å². The number of phenolic OH excluding ortho intramolecular Hbond substituents is 1. The predicted octanol–water partition coefficient (Wildman–Crippen LogP) is 4.40. The summed E-state index contributed by atoms with van der Waals surface area (Å²) in [5, 5.41) is 9.62. The van der Waals surface area contributed by atoms with Crippen molar-refractivity contribution in [2.24, 2.45) is 0 Å². The van der Waals surface area contributed by atoms with Crippen LogP contribution in [0.2, 0.25) is 0 Å². The zero-order valence-electron chi connectivity index (χ0n) is 18.9. The average molecular weight is 453 g/mol. The molecule has 8 nitrogen and oxygen atoms in total. The van der Waals surface area contributed by atoms with Crippen LogP contribution in [0.15, 0.2) is 54.6 Å². The molecule has 0 bridgehead atoms. The first kappa shape index (κ1) is 24.9. The molecule has 0 amide bonds. The van der Waals surface area contributed by atoms with Gasteiger partial charge in [-0.15, -0.1) is 0 Å². The molecule has 0 unspecified atom stereocenters. The summed E-state index contributed by atoms with van der Waals surface area (Å²) in [6.07, 6.45) is 3.82. The lowest BCUT2D eigenvalue weighted by Gasteiger charge is -2.12. The summed E-state index contributed by atoms with van der Waals surface area (Å²) in [6, 6.07) is 15.4. The molecule has 3 N–H and O–H groups in total. The SMILES string of the molecule is COc1cc(/C=C\c2cc(OC)c(OC)c(OC)c2)ccc1O.Nc1ccc(OC=O)cc1. The van der Waals surface area contributed by atoms with Crippen molar-refractivity contribution < 1.29 is 33.6 Å². The Morgan fingerprint density at radius 1 is 0.727 bits per heavy atom. The molecule has 0 saturated heterocycles. The number of carbonyl (C=O) groups excluding carboxylic acids is 1. The Kier molecular flexibility index (Phi) is 9.45. The van der Waals surface area contributed by atoms with Gasteiger partial charge in [-0.05, 0) is 59.7 Å². The van der Waals surface area contributed by atoms with Crippen molar-refractivity contribution in [1.29, 1.82) is 0 Å². The topological polar surface area (TPSA) is 109 Å². The minimum Gasteiger partial charge on any atom is -0.504 e. The Bertz CT molecular complexity index is 1050. The number of ether oxygens (including phenoxy) is 5. The van der Waals surface area contributed by atoms with Crippen LogP contribution in [0.5, 0.6) is 34.5 Å². The normalized spacial score (nSPS) is 10.1. The van der Waals surface area contributed by atoms with Crippen molar-refractivity contribution in [2.45, 2.75) is 0 Å². The van der Waals surface area contributed by atoms with Gasteiger partial charge in [0.05, 0.1) is 28.4 Å². The molecule has 174 valence electrons. The van der Waals surface area contributed by atoms with Crippen LogP contribution in [0.4, 0.5) is 5.69 Å². The third-order valence-corrected chi connectivity index (χ3v) is 4.42. The van der Waals surface area contributed by atoms with Gasteiger partial charge in [-0.1, -0.05) is 18.2 Å². The average Bonchev–Trinajstić information content (AvgIpc) is 2.84. The van der Waals surface area contributed by atoms with Crippen LogP contribution in [0.1, 0.15) is 11.1 Å². The molecular formula is C25H27NO7. The van der Waals surface area contributed by atoms with Gasteiger partial charge in [0.1, 0.15) is 5.75 Å². The van der Waals surface area contributed by atoms with Gasteiger partial charge >= 0.3 is 0 Å². The maximum absolute atomic E-state index is 9.81. The number of rotatable bonds is 8. The summed E-state index contributed by atoms with van der Waals surface area (Å²) in [6.45, 7) is 0.380. The largest absolute Gasteiger partial charge is 0.504 e. The predicted molar refractivity (Wildman–Crippen MR) is 127 cm³/mol. The minimum atomic E-state index is 0.109. The molecule has 0 aliphatic heterocycles. The van der Waals surface area contributed by atoms with Crippen LogP contribution in [-0.2, 0) is 4.79 Å². The van der Waals surface area contributed by atoms with Gasteiger partial charge in [-0.25, -0.2) is 0 Å². The third-order valence-electron chi connectivity index (χ3n) is 4.42. The van der Waals surface area contributed by atoms with E-state index < -0.39 is 0 Å². The third kappa shape index (κ3) is 7.10. The number of phenols is 1. The Morgan fingerprint density at radius 3 is 1.79 bits per heavy atom. The number of nitrogen functional groups attached to an aromatic ring is 1. The summed E-state index contributed by atoms with van der Waals surface area (Å²) < 4.78 is 25.6. The molecule has 0 aliphatic carbocycles. The maximum atomic E-state index is 9.81.